The summed E-state index contributed by atoms with van der Waals surface area (Å²) >= 11 is 0.750. The summed E-state index contributed by atoms with van der Waals surface area (Å²) in [7, 11) is 0. The van der Waals surface area contributed by atoms with Crippen LogP contribution in [0.4, 0.5) is 0 Å². The molecule has 0 atom stereocenters. The van der Waals surface area contributed by atoms with Gasteiger partial charge in [-0.1, -0.05) is 0 Å². The molecule has 7 heteroatoms. The van der Waals surface area contributed by atoms with Crippen molar-refractivity contribution in [1.82, 2.24) is 0 Å². The third-order valence-corrected chi connectivity index (χ3v) is 0. The van der Waals surface area contributed by atoms with E-state index in [1.807, 2.05) is 0 Å². The van der Waals surface area contributed by atoms with Crippen LogP contribution in [0.5, 0.6) is 0 Å². The quantitative estimate of drug-likeness (QED) is 0.525. The predicted octanol–water partition coefficient (Wildman–Crippen LogP) is -2.50. The number of carboxylic acids is 1. The molecule has 0 aliphatic rings. The van der Waals surface area contributed by atoms with Gasteiger partial charge in [-0.05, 0) is 0 Å². The number of hydrogen-bond acceptors (Lipinski definition) is 2. The molecule has 0 amide bonds. The molecule has 63 valence electrons. The van der Waals surface area contributed by atoms with E-state index in [0.29, 0.717) is 0 Å². The van der Waals surface area contributed by atoms with Crippen molar-refractivity contribution < 1.29 is 48.7 Å². The van der Waals surface area contributed by atoms with Crippen molar-refractivity contribution >= 4 is 5.97 Å². The normalized spacial score (nSPS) is 3.33. The summed E-state index contributed by atoms with van der Waals surface area (Å²) in [5.41, 5.74) is 0. The van der Waals surface area contributed by atoms with Gasteiger partial charge >= 0.3 is 22.4 Å². The Kier molecular flexibility index (Phi) is 190. The molecule has 6 nitrogen and oxygen atoms in total. The van der Waals surface area contributed by atoms with Crippen molar-refractivity contribution in [2.75, 3.05) is 0 Å². The first-order valence-electron chi connectivity index (χ1n) is 1.06. The van der Waals surface area contributed by atoms with Crippen LogP contribution in [0.3, 0.4) is 0 Å². The summed E-state index contributed by atoms with van der Waals surface area (Å²) in [5.74, 6) is -0.833. The number of hydrogen-bond donors (Lipinski definition) is 1. The van der Waals surface area contributed by atoms with E-state index in [2.05, 4.69) is 0 Å². The molecule has 7 N–H and O–H groups in total. The molecular formula is C2H10IrO6. The summed E-state index contributed by atoms with van der Waals surface area (Å²) in [6.07, 6.45) is 0. The van der Waals surface area contributed by atoms with E-state index < -0.39 is 5.97 Å². The Bertz CT molecular complexity index is 42.3. The van der Waals surface area contributed by atoms with E-state index in [9.17, 15) is 0 Å². The molecule has 0 heterocycles. The Morgan fingerprint density at radius 1 is 1.22 bits per heavy atom. The van der Waals surface area contributed by atoms with Gasteiger partial charge in [0.25, 0.3) is 5.97 Å². The Morgan fingerprint density at radius 2 is 1.22 bits per heavy atom. The summed E-state index contributed by atoms with van der Waals surface area (Å²) in [4.78, 5) is 9.00. The molecule has 9 heavy (non-hydrogen) atoms. The zero-order chi connectivity index (χ0) is 5.58. The van der Waals surface area contributed by atoms with Crippen LogP contribution in [-0.2, 0) is 27.2 Å². The molecule has 0 bridgehead atoms. The zero-order valence-corrected chi connectivity index (χ0v) is 6.99. The molecular weight excluding hydrogens is 312 g/mol. The maximum absolute atomic E-state index is 9.00. The van der Waals surface area contributed by atoms with E-state index in [1.54, 1.807) is 0 Å². The van der Waals surface area contributed by atoms with Crippen LogP contribution >= 0.6 is 0 Å². The summed E-state index contributed by atoms with van der Waals surface area (Å²) in [6.45, 7) is 1.08. The van der Waals surface area contributed by atoms with Crippen molar-refractivity contribution in [2.45, 2.75) is 6.92 Å². The second kappa shape index (κ2) is 46.0. The van der Waals surface area contributed by atoms with Gasteiger partial charge < -0.3 is 21.5 Å². The van der Waals surface area contributed by atoms with Crippen LogP contribution < -0.4 is 0 Å². The molecule has 0 aliphatic heterocycles. The fourth-order valence-corrected chi connectivity index (χ4v) is 0. The Labute approximate surface area is 62.2 Å². The maximum atomic E-state index is 9.00. The Hall–Kier alpha value is -0.201. The topological polar surface area (TPSA) is 149 Å². The molecule has 0 aromatic carbocycles. The first kappa shape index (κ1) is 37.1. The summed E-state index contributed by atoms with van der Waals surface area (Å²) in [6, 6.07) is 0. The summed E-state index contributed by atoms with van der Waals surface area (Å²) < 4.78 is 8.25. The molecule has 0 saturated heterocycles. The molecule has 0 fully saturated rings. The SMILES string of the molecule is CC(=O)O.O.O.O.[O]=[Ir]. The van der Waals surface area contributed by atoms with Gasteiger partial charge in [0.15, 0.2) is 0 Å². The van der Waals surface area contributed by atoms with E-state index >= 15 is 0 Å². The molecule has 0 rings (SSSR count). The molecule has 0 aromatic heterocycles. The van der Waals surface area contributed by atoms with Crippen molar-refractivity contribution in [1.29, 1.82) is 0 Å². The van der Waals surface area contributed by atoms with Crippen molar-refractivity contribution in [2.24, 2.45) is 0 Å². The van der Waals surface area contributed by atoms with Gasteiger partial charge in [-0.25, -0.2) is 0 Å². The average Bonchev–Trinajstić information content (AvgIpc) is 1.41. The van der Waals surface area contributed by atoms with Crippen LogP contribution in [0, 0.1) is 0 Å². The molecule has 0 radical (unpaired) electrons. The van der Waals surface area contributed by atoms with Gasteiger partial charge in [0.1, 0.15) is 0 Å². The fraction of sp³-hybridized carbons (Fsp3) is 0.500. The van der Waals surface area contributed by atoms with Crippen LogP contribution in [-0.4, -0.2) is 27.5 Å². The second-order valence-electron chi connectivity index (χ2n) is 0.519. The van der Waals surface area contributed by atoms with Gasteiger partial charge in [-0.15, -0.1) is 0 Å². The van der Waals surface area contributed by atoms with Crippen LogP contribution in [0.25, 0.3) is 0 Å². The Balaban J connectivity index is -0.00000000990. The van der Waals surface area contributed by atoms with Gasteiger partial charge in [0, 0.05) is 6.92 Å². The van der Waals surface area contributed by atoms with E-state index in [-0.39, 0.29) is 16.4 Å². The van der Waals surface area contributed by atoms with E-state index in [4.69, 9.17) is 13.4 Å². The standard InChI is InChI=1S/C2H4O2.Ir.3H2O.O/c1-2(3)4;;;;;/h1H3,(H,3,4);;3*1H2;. The molecule has 0 aliphatic carbocycles. The number of aliphatic carboxylic acids is 1. The average molecular weight is 322 g/mol. The third-order valence-electron chi connectivity index (χ3n) is 0. The third kappa shape index (κ3) is 6520. The Morgan fingerprint density at radius 3 is 1.22 bits per heavy atom. The molecule has 0 spiro atoms. The van der Waals surface area contributed by atoms with Gasteiger partial charge in [-0.2, -0.15) is 0 Å². The zero-order valence-electron chi connectivity index (χ0n) is 4.60. The monoisotopic (exact) mass is 323 g/mol. The minimum atomic E-state index is -0.833. The number of rotatable bonds is 0. The van der Waals surface area contributed by atoms with Crippen LogP contribution in [0.15, 0.2) is 0 Å². The van der Waals surface area contributed by atoms with Gasteiger partial charge in [-0.3, -0.25) is 4.79 Å². The van der Waals surface area contributed by atoms with Crippen molar-refractivity contribution in [3.63, 3.8) is 0 Å². The first-order valence-corrected chi connectivity index (χ1v) is 2.04. The molecule has 0 saturated carbocycles. The van der Waals surface area contributed by atoms with Gasteiger partial charge in [0.05, 0.1) is 0 Å². The van der Waals surface area contributed by atoms with Gasteiger partial charge in [0.2, 0.25) is 0 Å². The number of carbonyl (C=O) groups is 1. The molecule has 0 unspecified atom stereocenters. The predicted molar refractivity (Wildman–Crippen MR) is 24.8 cm³/mol. The van der Waals surface area contributed by atoms with Crippen molar-refractivity contribution in [3.05, 3.63) is 0 Å². The molecule has 0 aromatic rings. The van der Waals surface area contributed by atoms with Crippen molar-refractivity contribution in [3.8, 4) is 0 Å². The number of carboxylic acid groups (broad SMARTS) is 1. The van der Waals surface area contributed by atoms with Crippen LogP contribution in [0.2, 0.25) is 0 Å². The van der Waals surface area contributed by atoms with E-state index in [1.165, 1.54) is 0 Å². The van der Waals surface area contributed by atoms with Crippen LogP contribution in [0.1, 0.15) is 6.92 Å². The second-order valence-corrected chi connectivity index (χ2v) is 0.519. The summed E-state index contributed by atoms with van der Waals surface area (Å²) in [5, 5.41) is 7.42. The fourth-order valence-electron chi connectivity index (χ4n) is 0. The first-order chi connectivity index (χ1) is 2.73. The van der Waals surface area contributed by atoms with E-state index in [0.717, 1.165) is 25.8 Å². The minimum absolute atomic E-state index is 0.